The summed E-state index contributed by atoms with van der Waals surface area (Å²) >= 11 is 0. The zero-order valence-electron chi connectivity index (χ0n) is 43.6. The first-order valence-corrected chi connectivity index (χ1v) is 29.0. The van der Waals surface area contributed by atoms with Gasteiger partial charge in [-0.15, -0.1) is 0 Å². The fourth-order valence-corrected chi connectivity index (χ4v) is 8.33. The number of phosphoric ester groups is 1. The van der Waals surface area contributed by atoms with Gasteiger partial charge in [0.2, 0.25) is 0 Å². The van der Waals surface area contributed by atoms with Crippen molar-refractivity contribution in [1.29, 1.82) is 0 Å². The van der Waals surface area contributed by atoms with Crippen molar-refractivity contribution in [1.82, 2.24) is 0 Å². The Kier molecular flexibility index (Phi) is 48.9. The van der Waals surface area contributed by atoms with Gasteiger partial charge in [0.1, 0.15) is 12.7 Å². The van der Waals surface area contributed by atoms with Gasteiger partial charge in [-0.1, -0.05) is 204 Å². The van der Waals surface area contributed by atoms with Crippen molar-refractivity contribution < 1.29 is 52.2 Å². The smallest absolute Gasteiger partial charge is 0.462 e. The summed E-state index contributed by atoms with van der Waals surface area (Å²) < 4.78 is 39.4. The topological polar surface area (TPSA) is 155 Å². The molecule has 0 aromatic rings. The fourth-order valence-electron chi connectivity index (χ4n) is 7.54. The average molecular weight is 981 g/mol. The Labute approximate surface area is 415 Å². The summed E-state index contributed by atoms with van der Waals surface area (Å²) in [6.45, 7) is 4.49. The summed E-state index contributed by atoms with van der Waals surface area (Å²) in [6, 6.07) is 0. The molecule has 0 saturated carbocycles. The van der Waals surface area contributed by atoms with Crippen molar-refractivity contribution in [2.75, 3.05) is 26.4 Å². The lowest BCUT2D eigenvalue weighted by Crippen LogP contribution is -2.30. The maximum atomic E-state index is 12.9. The lowest BCUT2D eigenvalue weighted by atomic mass is 10.1. The third-order valence-corrected chi connectivity index (χ3v) is 12.7. The molecule has 0 aliphatic carbocycles. The van der Waals surface area contributed by atoms with E-state index in [9.17, 15) is 28.9 Å². The van der Waals surface area contributed by atoms with Gasteiger partial charge in [0, 0.05) is 19.3 Å². The number of carbonyl (C=O) groups excluding carboxylic acids is 3. The second-order valence-corrected chi connectivity index (χ2v) is 19.8. The quantitative estimate of drug-likeness (QED) is 0.0197. The molecule has 3 unspecified atom stereocenters. The van der Waals surface area contributed by atoms with Gasteiger partial charge < -0.3 is 24.2 Å². The number of esters is 3. The Morgan fingerprint density at radius 3 is 1.19 bits per heavy atom. The van der Waals surface area contributed by atoms with Crippen molar-refractivity contribution in [3.63, 3.8) is 0 Å². The molecule has 396 valence electrons. The summed E-state index contributed by atoms with van der Waals surface area (Å²) in [5, 5.41) is 9.76. The Morgan fingerprint density at radius 2 is 0.765 bits per heavy atom. The molecule has 0 radical (unpaired) electrons. The highest BCUT2D eigenvalue weighted by atomic mass is 31.2. The molecule has 0 aliphatic heterocycles. The van der Waals surface area contributed by atoms with E-state index in [0.717, 1.165) is 96.3 Å². The molecular weight excluding hydrogens is 880 g/mol. The van der Waals surface area contributed by atoms with Gasteiger partial charge in [-0.25, -0.2) is 4.57 Å². The van der Waals surface area contributed by atoms with E-state index in [0.29, 0.717) is 19.3 Å². The number of hydrogen-bond donors (Lipinski definition) is 2. The van der Waals surface area contributed by atoms with E-state index in [1.807, 2.05) is 0 Å². The van der Waals surface area contributed by atoms with E-state index in [4.69, 9.17) is 23.3 Å². The predicted molar refractivity (Wildman–Crippen MR) is 279 cm³/mol. The summed E-state index contributed by atoms with van der Waals surface area (Å²) in [7, 11) is -4.74. The van der Waals surface area contributed by atoms with E-state index < -0.39 is 57.8 Å². The van der Waals surface area contributed by atoms with Crippen LogP contribution in [0.25, 0.3) is 0 Å². The number of aliphatic hydroxyl groups excluding tert-OH is 1. The number of aliphatic hydroxyl groups is 1. The molecule has 11 nitrogen and oxygen atoms in total. The second-order valence-electron chi connectivity index (χ2n) is 18.4. The van der Waals surface area contributed by atoms with Crippen LogP contribution in [0.4, 0.5) is 0 Å². The van der Waals surface area contributed by atoms with Crippen molar-refractivity contribution in [3.8, 4) is 0 Å². The minimum atomic E-state index is -4.74. The molecule has 0 rings (SSSR count). The van der Waals surface area contributed by atoms with Gasteiger partial charge >= 0.3 is 25.7 Å². The van der Waals surface area contributed by atoms with Gasteiger partial charge in [0.15, 0.2) is 6.10 Å². The highest BCUT2D eigenvalue weighted by Gasteiger charge is 2.28. The number of ether oxygens (including phenoxy) is 3. The van der Waals surface area contributed by atoms with Crippen LogP contribution < -0.4 is 0 Å². The number of unbranched alkanes of at least 4 members (excludes halogenated alkanes) is 26. The summed E-state index contributed by atoms with van der Waals surface area (Å²) in [6.07, 6.45) is 52.2. The molecule has 0 amide bonds. The maximum absolute atomic E-state index is 12.9. The molecule has 0 bridgehead atoms. The number of carbonyl (C=O) groups is 3. The molecule has 0 aliphatic rings. The molecule has 0 fully saturated rings. The summed E-state index contributed by atoms with van der Waals surface area (Å²) in [4.78, 5) is 48.3. The van der Waals surface area contributed by atoms with Crippen molar-refractivity contribution in [3.05, 3.63) is 48.6 Å². The third-order valence-electron chi connectivity index (χ3n) is 11.7. The number of allylic oxidation sites excluding steroid dienone is 8. The molecule has 2 N–H and O–H groups in total. The normalized spacial score (nSPS) is 13.8. The maximum Gasteiger partial charge on any atom is 0.472 e. The minimum Gasteiger partial charge on any atom is -0.462 e. The SMILES string of the molecule is CC/C=C\C/C=C\C/C=C\CCCCCCCC(=O)OCC(COP(=O)(O)OCC(CO)OC(=O)CCCCCCCCCCC)OC(=O)CCCCCCCCC/C=C\CCCCCCCC. The number of rotatable bonds is 51. The van der Waals surface area contributed by atoms with Crippen LogP contribution in [0.5, 0.6) is 0 Å². The molecule has 0 saturated heterocycles. The van der Waals surface area contributed by atoms with E-state index in [2.05, 4.69) is 69.4 Å². The first-order chi connectivity index (χ1) is 33.2. The first-order valence-electron chi connectivity index (χ1n) is 27.5. The van der Waals surface area contributed by atoms with Crippen molar-refractivity contribution in [2.45, 2.75) is 264 Å². The van der Waals surface area contributed by atoms with Crippen LogP contribution in [0, 0.1) is 0 Å². The summed E-state index contributed by atoms with van der Waals surface area (Å²) in [5.41, 5.74) is 0. The molecule has 0 aromatic heterocycles. The number of phosphoric acid groups is 1. The first kappa shape index (κ1) is 65.4. The third kappa shape index (κ3) is 48.5. The van der Waals surface area contributed by atoms with Crippen LogP contribution in [0.1, 0.15) is 252 Å². The Balaban J connectivity index is 4.75. The monoisotopic (exact) mass is 981 g/mol. The molecule has 0 heterocycles. The van der Waals surface area contributed by atoms with Gasteiger partial charge in [-0.3, -0.25) is 23.4 Å². The van der Waals surface area contributed by atoms with Gasteiger partial charge in [-0.2, -0.15) is 0 Å². The Hall–Kier alpha value is -2.56. The zero-order chi connectivity index (χ0) is 49.9. The van der Waals surface area contributed by atoms with Crippen LogP contribution in [0.15, 0.2) is 48.6 Å². The molecular formula is C56H101O11P. The fraction of sp³-hybridized carbons (Fsp3) is 0.804. The second kappa shape index (κ2) is 50.8. The van der Waals surface area contributed by atoms with Crippen LogP contribution in [0.3, 0.4) is 0 Å². The molecule has 3 atom stereocenters. The lowest BCUT2D eigenvalue weighted by Gasteiger charge is -2.21. The highest BCUT2D eigenvalue weighted by Crippen LogP contribution is 2.43. The van der Waals surface area contributed by atoms with Gasteiger partial charge in [0.25, 0.3) is 0 Å². The standard InChI is InChI=1S/C56H101O11P/c1-4-7-10-13-16-19-21-23-25-26-28-30-32-35-38-41-44-47-56(60)67-53(49-63-54(58)45-42-39-36-34-31-29-27-24-22-20-17-14-11-8-5-2)51-65-68(61,62)64-50-52(48-57)66-55(59)46-43-40-37-33-18-15-12-9-6-3/h8,11,17,20,23-25,27,52-53,57H,4-7,9-10,12-16,18-19,21-22,26,28-51H2,1-3H3,(H,61,62)/b11-8-,20-17-,25-23-,27-24-. The molecule has 68 heavy (non-hydrogen) atoms. The van der Waals surface area contributed by atoms with Crippen molar-refractivity contribution >= 4 is 25.7 Å². The van der Waals surface area contributed by atoms with Gasteiger partial charge in [0.05, 0.1) is 19.8 Å². The van der Waals surface area contributed by atoms with E-state index in [-0.39, 0.29) is 25.9 Å². The van der Waals surface area contributed by atoms with E-state index in [1.165, 1.54) is 96.3 Å². The summed E-state index contributed by atoms with van der Waals surface area (Å²) in [5.74, 6) is -1.48. The van der Waals surface area contributed by atoms with Crippen LogP contribution >= 0.6 is 7.82 Å². The lowest BCUT2D eigenvalue weighted by molar-refractivity contribution is -0.161. The highest BCUT2D eigenvalue weighted by molar-refractivity contribution is 7.47. The average Bonchev–Trinajstić information content (AvgIpc) is 3.32. The van der Waals surface area contributed by atoms with Crippen LogP contribution in [0.2, 0.25) is 0 Å². The van der Waals surface area contributed by atoms with E-state index in [1.54, 1.807) is 0 Å². The molecule has 0 spiro atoms. The van der Waals surface area contributed by atoms with Crippen molar-refractivity contribution in [2.24, 2.45) is 0 Å². The van der Waals surface area contributed by atoms with Crippen LogP contribution in [-0.4, -0.2) is 66.5 Å². The zero-order valence-corrected chi connectivity index (χ0v) is 44.5. The number of hydrogen-bond acceptors (Lipinski definition) is 10. The Morgan fingerprint density at radius 1 is 0.426 bits per heavy atom. The minimum absolute atomic E-state index is 0.160. The molecule has 12 heteroatoms. The largest absolute Gasteiger partial charge is 0.472 e. The predicted octanol–water partition coefficient (Wildman–Crippen LogP) is 15.8. The van der Waals surface area contributed by atoms with Crippen LogP contribution in [-0.2, 0) is 42.2 Å². The molecule has 0 aromatic carbocycles. The van der Waals surface area contributed by atoms with Gasteiger partial charge in [-0.05, 0) is 77.0 Å². The van der Waals surface area contributed by atoms with E-state index >= 15 is 0 Å². The Bertz CT molecular complexity index is 1330.